The Balaban J connectivity index is 0.000000192. The van der Waals surface area contributed by atoms with E-state index in [4.69, 9.17) is 14.7 Å². The van der Waals surface area contributed by atoms with Crippen molar-refractivity contribution < 1.29 is 14.3 Å². The van der Waals surface area contributed by atoms with Crippen LogP contribution in [0.3, 0.4) is 0 Å². The smallest absolute Gasteiger partial charge is 0.215 e. The zero-order chi connectivity index (χ0) is 23.9. The van der Waals surface area contributed by atoms with Gasteiger partial charge in [0.25, 0.3) is 0 Å². The lowest BCUT2D eigenvalue weighted by atomic mass is 10.1. The van der Waals surface area contributed by atoms with Gasteiger partial charge in [-0.3, -0.25) is 9.78 Å². The molecule has 7 heteroatoms. The number of nitrogens with zero attached hydrogens (tertiary/aromatic N) is 3. The number of ether oxygens (including phenoxy) is 2. The molecule has 2 aromatic carbocycles. The highest BCUT2D eigenvalue weighted by Gasteiger charge is 2.14. The number of methoxy groups -OCH3 is 2. The maximum atomic E-state index is 12.1. The van der Waals surface area contributed by atoms with E-state index < -0.39 is 0 Å². The normalized spacial score (nSPS) is 9.15. The molecular formula is C26H22BrN3O3. The van der Waals surface area contributed by atoms with Crippen LogP contribution in [0.4, 0.5) is 0 Å². The number of carbonyl (C=O) groups is 1. The van der Waals surface area contributed by atoms with Crippen molar-refractivity contribution in [2.24, 2.45) is 0 Å². The lowest BCUT2D eigenvalue weighted by Gasteiger charge is -2.06. The molecule has 0 saturated heterocycles. The third-order valence-electron chi connectivity index (χ3n) is 4.09. The summed E-state index contributed by atoms with van der Waals surface area (Å²) in [6.45, 7) is 0. The Morgan fingerprint density at radius 1 is 0.788 bits per heavy atom. The Bertz CT molecular complexity index is 1180. The van der Waals surface area contributed by atoms with Crippen LogP contribution in [0.2, 0.25) is 0 Å². The number of halogens is 1. The lowest BCUT2D eigenvalue weighted by Crippen LogP contribution is -2.05. The van der Waals surface area contributed by atoms with E-state index in [-0.39, 0.29) is 5.78 Å². The van der Waals surface area contributed by atoms with Crippen LogP contribution in [-0.4, -0.2) is 30.0 Å². The van der Waals surface area contributed by atoms with E-state index in [2.05, 4.69) is 25.9 Å². The number of nitriles is 1. The van der Waals surface area contributed by atoms with E-state index in [9.17, 15) is 4.79 Å². The molecule has 166 valence electrons. The van der Waals surface area contributed by atoms with Crippen LogP contribution in [0.15, 0.2) is 102 Å². The predicted octanol–water partition coefficient (Wildman–Crippen LogP) is 5.73. The molecule has 2 heterocycles. The quantitative estimate of drug-likeness (QED) is 0.330. The number of pyridine rings is 2. The van der Waals surface area contributed by atoms with Gasteiger partial charge in [0.1, 0.15) is 29.0 Å². The number of hydrogen-bond acceptors (Lipinski definition) is 6. The fourth-order valence-electron chi connectivity index (χ4n) is 2.51. The topological polar surface area (TPSA) is 85.1 Å². The predicted molar refractivity (Wildman–Crippen MR) is 130 cm³/mol. The minimum absolute atomic E-state index is 0.127. The second-order valence-electron chi connectivity index (χ2n) is 6.21. The molecule has 0 aliphatic heterocycles. The minimum Gasteiger partial charge on any atom is -0.496 e. The summed E-state index contributed by atoms with van der Waals surface area (Å²) in [6, 6.07) is 27.3. The zero-order valence-electron chi connectivity index (χ0n) is 18.2. The van der Waals surface area contributed by atoms with Crippen molar-refractivity contribution in [1.29, 1.82) is 5.26 Å². The number of rotatable bonds is 4. The van der Waals surface area contributed by atoms with Crippen molar-refractivity contribution in [3.05, 3.63) is 119 Å². The standard InChI is InChI=1S/C13H11NO2.C7H7BrO.C6H4N2/c1-16-12-8-3-2-6-10(12)13(15)11-7-4-5-9-14-11;1-9-7-5-3-2-4-6(7)8;7-5-6-3-1-2-4-8-6/h2-9H,1H3;2-5H,1H3;1-4H. The monoisotopic (exact) mass is 503 g/mol. The first-order valence-corrected chi connectivity index (χ1v) is 10.6. The Labute approximate surface area is 201 Å². The molecule has 0 bridgehead atoms. The number of ketones is 1. The van der Waals surface area contributed by atoms with Gasteiger partial charge in [-0.05, 0) is 64.5 Å². The maximum absolute atomic E-state index is 12.1. The molecule has 0 unspecified atom stereocenters. The van der Waals surface area contributed by atoms with Gasteiger partial charge >= 0.3 is 0 Å². The van der Waals surface area contributed by atoms with Gasteiger partial charge in [0.15, 0.2) is 0 Å². The summed E-state index contributed by atoms with van der Waals surface area (Å²) in [5.41, 5.74) is 1.42. The SMILES string of the molecule is COc1ccccc1Br.COc1ccccc1C(=O)c1ccccn1.N#Cc1ccccn1. The van der Waals surface area contributed by atoms with E-state index >= 15 is 0 Å². The number of para-hydroxylation sites is 2. The Hall–Kier alpha value is -4.02. The molecule has 0 radical (unpaired) electrons. The highest BCUT2D eigenvalue weighted by molar-refractivity contribution is 9.10. The molecule has 0 aliphatic rings. The highest BCUT2D eigenvalue weighted by Crippen LogP contribution is 2.22. The minimum atomic E-state index is -0.127. The van der Waals surface area contributed by atoms with Crippen molar-refractivity contribution >= 4 is 21.7 Å². The van der Waals surface area contributed by atoms with Crippen molar-refractivity contribution in [2.75, 3.05) is 14.2 Å². The molecule has 6 nitrogen and oxygen atoms in total. The molecule has 0 atom stereocenters. The molecular weight excluding hydrogens is 482 g/mol. The number of aromatic nitrogens is 2. The van der Waals surface area contributed by atoms with Crippen LogP contribution < -0.4 is 9.47 Å². The van der Waals surface area contributed by atoms with Crippen molar-refractivity contribution in [1.82, 2.24) is 9.97 Å². The lowest BCUT2D eigenvalue weighted by molar-refractivity contribution is 0.103. The van der Waals surface area contributed by atoms with Crippen LogP contribution in [0, 0.1) is 11.3 Å². The van der Waals surface area contributed by atoms with Gasteiger partial charge in [0.05, 0.1) is 24.3 Å². The summed E-state index contributed by atoms with van der Waals surface area (Å²) < 4.78 is 11.1. The molecule has 33 heavy (non-hydrogen) atoms. The van der Waals surface area contributed by atoms with E-state index in [1.165, 1.54) is 0 Å². The third-order valence-corrected chi connectivity index (χ3v) is 4.74. The maximum Gasteiger partial charge on any atom is 0.215 e. The fourth-order valence-corrected chi connectivity index (χ4v) is 2.95. The van der Waals surface area contributed by atoms with Gasteiger partial charge in [-0.1, -0.05) is 36.4 Å². The number of hydrogen-bond donors (Lipinski definition) is 0. The molecule has 0 N–H and O–H groups in total. The van der Waals surface area contributed by atoms with Gasteiger partial charge in [0.2, 0.25) is 5.78 Å². The van der Waals surface area contributed by atoms with Crippen LogP contribution in [0.5, 0.6) is 11.5 Å². The second-order valence-corrected chi connectivity index (χ2v) is 7.06. The summed E-state index contributed by atoms with van der Waals surface area (Å²) in [6.07, 6.45) is 3.20. The Kier molecular flexibility index (Phi) is 10.8. The summed E-state index contributed by atoms with van der Waals surface area (Å²) >= 11 is 3.33. The van der Waals surface area contributed by atoms with Crippen LogP contribution in [0.1, 0.15) is 21.7 Å². The summed E-state index contributed by atoms with van der Waals surface area (Å²) in [5.74, 6) is 1.31. The van der Waals surface area contributed by atoms with E-state index in [1.54, 1.807) is 81.2 Å². The molecule has 2 aromatic heterocycles. The van der Waals surface area contributed by atoms with Gasteiger partial charge in [-0.2, -0.15) is 5.26 Å². The zero-order valence-corrected chi connectivity index (χ0v) is 19.8. The molecule has 0 saturated carbocycles. The van der Waals surface area contributed by atoms with Crippen LogP contribution >= 0.6 is 15.9 Å². The molecule has 4 aromatic rings. The molecule has 4 rings (SSSR count). The first-order valence-electron chi connectivity index (χ1n) is 9.79. The van der Waals surface area contributed by atoms with E-state index in [0.717, 1.165) is 10.2 Å². The molecule has 0 amide bonds. The van der Waals surface area contributed by atoms with Crippen molar-refractivity contribution in [2.45, 2.75) is 0 Å². The summed E-state index contributed by atoms with van der Waals surface area (Å²) in [5, 5.41) is 8.23. The first-order chi connectivity index (χ1) is 16.1. The van der Waals surface area contributed by atoms with E-state index in [0.29, 0.717) is 22.7 Å². The fraction of sp³-hybridized carbons (Fsp3) is 0.0769. The van der Waals surface area contributed by atoms with Gasteiger partial charge < -0.3 is 9.47 Å². The number of carbonyl (C=O) groups excluding carboxylic acids is 1. The summed E-state index contributed by atoms with van der Waals surface area (Å²) in [4.78, 5) is 19.8. The summed E-state index contributed by atoms with van der Waals surface area (Å²) in [7, 11) is 3.20. The number of benzene rings is 2. The largest absolute Gasteiger partial charge is 0.496 e. The average molecular weight is 504 g/mol. The molecule has 0 fully saturated rings. The highest BCUT2D eigenvalue weighted by atomic mass is 79.9. The van der Waals surface area contributed by atoms with Gasteiger partial charge in [0, 0.05) is 12.4 Å². The first kappa shape index (κ1) is 25.2. The van der Waals surface area contributed by atoms with E-state index in [1.807, 2.05) is 36.4 Å². The Morgan fingerprint density at radius 3 is 1.85 bits per heavy atom. The van der Waals surface area contributed by atoms with Crippen LogP contribution in [0.25, 0.3) is 0 Å². The van der Waals surface area contributed by atoms with Crippen molar-refractivity contribution in [3.8, 4) is 17.6 Å². The van der Waals surface area contributed by atoms with Gasteiger partial charge in [-0.15, -0.1) is 0 Å². The van der Waals surface area contributed by atoms with Crippen molar-refractivity contribution in [3.63, 3.8) is 0 Å². The third kappa shape index (κ3) is 8.20. The Morgan fingerprint density at radius 2 is 1.36 bits per heavy atom. The molecule has 0 spiro atoms. The second kappa shape index (κ2) is 14.1. The molecule has 0 aliphatic carbocycles. The average Bonchev–Trinajstić information content (AvgIpc) is 2.90. The van der Waals surface area contributed by atoms with Crippen LogP contribution in [-0.2, 0) is 0 Å². The van der Waals surface area contributed by atoms with Gasteiger partial charge in [-0.25, -0.2) is 4.98 Å².